The van der Waals surface area contributed by atoms with Crippen LogP contribution in [0.3, 0.4) is 0 Å². The molecule has 2 unspecified atom stereocenters. The quantitative estimate of drug-likeness (QED) is 0.728. The van der Waals surface area contributed by atoms with Crippen LogP contribution in [0, 0.1) is 0 Å². The third-order valence-electron chi connectivity index (χ3n) is 0.830. The highest BCUT2D eigenvalue weighted by atomic mass is 31.1. The summed E-state index contributed by atoms with van der Waals surface area (Å²) in [6.07, 6.45) is 2.47. The molecule has 6 heteroatoms. The van der Waals surface area contributed by atoms with Crippen molar-refractivity contribution in [2.24, 2.45) is 0 Å². The van der Waals surface area contributed by atoms with Crippen LogP contribution in [0.5, 0.6) is 0 Å². The van der Waals surface area contributed by atoms with Crippen LogP contribution in [0.1, 0.15) is 34.1 Å². The first-order valence-electron chi connectivity index (χ1n) is 3.81. The highest BCUT2D eigenvalue weighted by molar-refractivity contribution is 7.38. The number of hydrogen-bond acceptors (Lipinski definition) is 2. The lowest BCUT2D eigenvalue weighted by Crippen LogP contribution is -1.67. The molecule has 0 aromatic rings. The predicted molar refractivity (Wildman–Crippen MR) is 56.7 cm³/mol. The van der Waals surface area contributed by atoms with E-state index in [1.54, 1.807) is 0 Å². The van der Waals surface area contributed by atoms with E-state index in [4.69, 9.17) is 9.79 Å². The number of rotatable bonds is 4. The van der Waals surface area contributed by atoms with Crippen molar-refractivity contribution >= 4 is 16.1 Å². The second-order valence-electron chi connectivity index (χ2n) is 2.15. The van der Waals surface area contributed by atoms with Gasteiger partial charge in [-0.05, 0) is 22.0 Å². The Bertz CT molecular complexity index is 122. The van der Waals surface area contributed by atoms with Gasteiger partial charge in [-0.1, -0.05) is 21.3 Å². The molecule has 0 radical (unpaired) electrons. The Balaban J connectivity index is -0.000000143. The molecule has 0 fully saturated rings. The normalized spacial score (nSPS) is 10.5. The number of hydrogen-bond donors (Lipinski definition) is 2. The van der Waals surface area contributed by atoms with E-state index in [0.29, 0.717) is 12.3 Å². The van der Waals surface area contributed by atoms with Crippen LogP contribution in [0.4, 0.5) is 0 Å². The van der Waals surface area contributed by atoms with Crippen molar-refractivity contribution in [3.63, 3.8) is 0 Å². The van der Waals surface area contributed by atoms with Gasteiger partial charge in [0.2, 0.25) is 0 Å². The average molecular weight is 230 g/mol. The zero-order valence-corrected chi connectivity index (χ0v) is 9.22. The van der Waals surface area contributed by atoms with E-state index >= 15 is 0 Å². The summed E-state index contributed by atoms with van der Waals surface area (Å²) >= 11 is 0. The topological polar surface area (TPSA) is 74.6 Å². The molecule has 80 valence electrons. The lowest BCUT2D eigenvalue weighted by Gasteiger charge is -1.65. The minimum absolute atomic E-state index is 0. The standard InChI is InChI=1S/2C3H7O2P.CH4/c2*1-2-3-6(4)5;/h2*2-3H2,1H3;1H4/p+2. The molecule has 2 N–H and O–H groups in total. The van der Waals surface area contributed by atoms with Gasteiger partial charge in [-0.3, -0.25) is 0 Å². The highest BCUT2D eigenvalue weighted by Crippen LogP contribution is 2.12. The first-order chi connectivity index (χ1) is 5.54. The van der Waals surface area contributed by atoms with Crippen LogP contribution in [0.25, 0.3) is 0 Å². The molecule has 0 aliphatic carbocycles. The molecule has 0 aromatic carbocycles. The maximum atomic E-state index is 9.75. The van der Waals surface area contributed by atoms with Gasteiger partial charge in [0.15, 0.2) is 12.3 Å². The molecular weight excluding hydrogens is 210 g/mol. The fourth-order valence-corrected chi connectivity index (χ4v) is 1.15. The summed E-state index contributed by atoms with van der Waals surface area (Å²) < 4.78 is 19.5. The molecule has 0 saturated carbocycles. The molecule has 0 spiro atoms. The van der Waals surface area contributed by atoms with Gasteiger partial charge in [0.05, 0.1) is 0 Å². The molecule has 0 bridgehead atoms. The fourth-order valence-electron chi connectivity index (χ4n) is 0.383. The summed E-state index contributed by atoms with van der Waals surface area (Å²) in [5.41, 5.74) is 0. The van der Waals surface area contributed by atoms with E-state index in [0.717, 1.165) is 12.8 Å². The van der Waals surface area contributed by atoms with E-state index in [2.05, 4.69) is 0 Å². The van der Waals surface area contributed by atoms with Gasteiger partial charge in [0.1, 0.15) is 0 Å². The summed E-state index contributed by atoms with van der Waals surface area (Å²) in [4.78, 5) is 16.1. The Hall–Kier alpha value is 0.120. The minimum Gasteiger partial charge on any atom is -0.161 e. The summed E-state index contributed by atoms with van der Waals surface area (Å²) in [6.45, 7) is 3.76. The molecule has 0 saturated heterocycles. The van der Waals surface area contributed by atoms with Crippen molar-refractivity contribution in [3.8, 4) is 0 Å². The van der Waals surface area contributed by atoms with E-state index in [-0.39, 0.29) is 7.43 Å². The molecule has 0 aliphatic heterocycles. The average Bonchev–Trinajstić information content (AvgIpc) is 1.87. The summed E-state index contributed by atoms with van der Waals surface area (Å²) in [5, 5.41) is 0. The van der Waals surface area contributed by atoms with Gasteiger partial charge >= 0.3 is 16.1 Å². The molecule has 4 nitrogen and oxygen atoms in total. The van der Waals surface area contributed by atoms with Gasteiger partial charge in [0, 0.05) is 0 Å². The lowest BCUT2D eigenvalue weighted by atomic mass is 10.6. The van der Waals surface area contributed by atoms with Crippen LogP contribution in [0.15, 0.2) is 0 Å². The van der Waals surface area contributed by atoms with Gasteiger partial charge in [-0.15, -0.1) is 0 Å². The summed E-state index contributed by atoms with van der Waals surface area (Å²) in [5.74, 6) is 0. The molecule has 0 aliphatic rings. The minimum atomic E-state index is -1.85. The Morgan fingerprint density at radius 2 is 1.15 bits per heavy atom. The molecule has 0 heterocycles. The third-order valence-corrected chi connectivity index (χ3v) is 2.49. The Morgan fingerprint density at radius 3 is 1.15 bits per heavy atom. The maximum Gasteiger partial charge on any atom is 0.505 e. The van der Waals surface area contributed by atoms with Crippen LogP contribution in [-0.2, 0) is 9.13 Å². The molecule has 13 heavy (non-hydrogen) atoms. The summed E-state index contributed by atoms with van der Waals surface area (Å²) in [6, 6.07) is 0. The van der Waals surface area contributed by atoms with Gasteiger partial charge in [0.25, 0.3) is 0 Å². The zero-order valence-electron chi connectivity index (χ0n) is 7.43. The highest BCUT2D eigenvalue weighted by Gasteiger charge is 2.04. The summed E-state index contributed by atoms with van der Waals surface area (Å²) in [7, 11) is -3.70. The van der Waals surface area contributed by atoms with Crippen molar-refractivity contribution in [3.05, 3.63) is 0 Å². The van der Waals surface area contributed by atoms with Gasteiger partial charge in [-0.2, -0.15) is 9.79 Å². The molecular formula is C7H20O4P2+2. The van der Waals surface area contributed by atoms with Crippen LogP contribution >= 0.6 is 16.1 Å². The molecule has 0 aromatic heterocycles. The maximum absolute atomic E-state index is 9.75. The fraction of sp³-hybridized carbons (Fsp3) is 1.00. The zero-order chi connectivity index (χ0) is 9.98. The first-order valence-corrected chi connectivity index (χ1v) is 6.61. The van der Waals surface area contributed by atoms with Crippen LogP contribution in [0.2, 0.25) is 0 Å². The van der Waals surface area contributed by atoms with E-state index in [9.17, 15) is 9.13 Å². The monoisotopic (exact) mass is 230 g/mol. The SMILES string of the molecule is C.CCC[P+](=O)O.CCC[P+](=O)O. The van der Waals surface area contributed by atoms with Crippen molar-refractivity contribution in [2.45, 2.75) is 34.1 Å². The van der Waals surface area contributed by atoms with Crippen LogP contribution in [-0.4, -0.2) is 22.1 Å². The second-order valence-corrected chi connectivity index (χ2v) is 4.45. The first kappa shape index (κ1) is 18.8. The Morgan fingerprint density at radius 1 is 0.923 bits per heavy atom. The predicted octanol–water partition coefficient (Wildman–Crippen LogP) is 2.90. The van der Waals surface area contributed by atoms with E-state index < -0.39 is 16.1 Å². The van der Waals surface area contributed by atoms with Gasteiger partial charge in [-0.25, -0.2) is 0 Å². The van der Waals surface area contributed by atoms with Crippen molar-refractivity contribution in [1.29, 1.82) is 0 Å². The molecule has 0 amide bonds. The molecule has 0 rings (SSSR count). The van der Waals surface area contributed by atoms with Crippen molar-refractivity contribution in [2.75, 3.05) is 12.3 Å². The Kier molecular flexibility index (Phi) is 21.2. The van der Waals surface area contributed by atoms with Crippen molar-refractivity contribution in [1.82, 2.24) is 0 Å². The van der Waals surface area contributed by atoms with Gasteiger partial charge < -0.3 is 0 Å². The largest absolute Gasteiger partial charge is 0.505 e. The molecule has 2 atom stereocenters. The van der Waals surface area contributed by atoms with Crippen molar-refractivity contribution < 1.29 is 18.9 Å². The van der Waals surface area contributed by atoms with E-state index in [1.807, 2.05) is 13.8 Å². The van der Waals surface area contributed by atoms with E-state index in [1.165, 1.54) is 0 Å². The lowest BCUT2D eigenvalue weighted by molar-refractivity contribution is 0.500. The Labute approximate surface area is 82.1 Å². The van der Waals surface area contributed by atoms with Crippen LogP contribution < -0.4 is 0 Å². The smallest absolute Gasteiger partial charge is 0.161 e. The third kappa shape index (κ3) is 33.1. The second kappa shape index (κ2) is 14.6.